The molecule has 3 nitrogen and oxygen atoms in total. The standard InChI is InChI=1S/C30H16Cl2N2O/c31-23-13-11-19-27-20(12-14-24(32)28(23)27)30(35)34-26-16-22(18-9-5-2-6-10-18)21(15-25(26)33-29(19)34)17-7-3-1-4-8-17/h1-16H. The van der Waals surface area contributed by atoms with Gasteiger partial charge in [-0.1, -0.05) is 83.9 Å². The van der Waals surface area contributed by atoms with E-state index in [0.717, 1.165) is 44.1 Å². The highest BCUT2D eigenvalue weighted by atomic mass is 35.5. The molecule has 0 amide bonds. The topological polar surface area (TPSA) is 34.4 Å². The van der Waals surface area contributed by atoms with Gasteiger partial charge in [-0.25, -0.2) is 4.98 Å². The Hall–Kier alpha value is -3.92. The van der Waals surface area contributed by atoms with Gasteiger partial charge in [-0.15, -0.1) is 0 Å². The lowest BCUT2D eigenvalue weighted by molar-refractivity contribution is 1.19. The molecule has 0 N–H and O–H groups in total. The third kappa shape index (κ3) is 2.92. The first-order chi connectivity index (χ1) is 17.1. The normalized spacial score (nSPS) is 11.8. The molecule has 0 saturated heterocycles. The lowest BCUT2D eigenvalue weighted by atomic mass is 9.94. The first-order valence-corrected chi connectivity index (χ1v) is 12.0. The van der Waals surface area contributed by atoms with Crippen LogP contribution in [0.5, 0.6) is 0 Å². The van der Waals surface area contributed by atoms with E-state index in [-0.39, 0.29) is 5.56 Å². The summed E-state index contributed by atoms with van der Waals surface area (Å²) < 4.78 is 1.72. The van der Waals surface area contributed by atoms with E-state index in [1.54, 1.807) is 16.5 Å². The van der Waals surface area contributed by atoms with E-state index in [1.165, 1.54) is 0 Å². The van der Waals surface area contributed by atoms with E-state index >= 15 is 0 Å². The number of hydrogen-bond donors (Lipinski definition) is 0. The maximum absolute atomic E-state index is 13.8. The van der Waals surface area contributed by atoms with Crippen molar-refractivity contribution in [3.8, 4) is 22.3 Å². The molecule has 5 heteroatoms. The van der Waals surface area contributed by atoms with E-state index in [4.69, 9.17) is 28.2 Å². The summed E-state index contributed by atoms with van der Waals surface area (Å²) in [6.45, 7) is 0. The summed E-state index contributed by atoms with van der Waals surface area (Å²) in [5.41, 5.74) is 6.27. The second kappa shape index (κ2) is 7.54. The molecule has 0 saturated carbocycles. The third-order valence-electron chi connectivity index (χ3n) is 6.70. The Morgan fingerprint density at radius 1 is 0.629 bits per heavy atom. The van der Waals surface area contributed by atoms with Gasteiger partial charge in [0.15, 0.2) is 0 Å². The maximum atomic E-state index is 13.8. The van der Waals surface area contributed by atoms with Gasteiger partial charge in [0.2, 0.25) is 0 Å². The zero-order valence-corrected chi connectivity index (χ0v) is 19.8. The van der Waals surface area contributed by atoms with Crippen LogP contribution >= 0.6 is 23.2 Å². The zero-order chi connectivity index (χ0) is 23.7. The van der Waals surface area contributed by atoms with E-state index in [9.17, 15) is 4.79 Å². The Bertz CT molecular complexity index is 1970. The van der Waals surface area contributed by atoms with Crippen molar-refractivity contribution in [2.24, 2.45) is 0 Å². The third-order valence-corrected chi connectivity index (χ3v) is 7.33. The van der Waals surface area contributed by atoms with Crippen LogP contribution < -0.4 is 5.56 Å². The quantitative estimate of drug-likeness (QED) is 0.244. The van der Waals surface area contributed by atoms with Gasteiger partial charge < -0.3 is 0 Å². The first-order valence-electron chi connectivity index (χ1n) is 11.2. The van der Waals surface area contributed by atoms with Gasteiger partial charge in [0, 0.05) is 31.6 Å². The predicted octanol–water partition coefficient (Wildman–Crippen LogP) is 8.23. The SMILES string of the molecule is O=c1c2ccc(Cl)c3c(Cl)ccc(c32)c2nc3cc(-c4ccccc4)c(-c4ccccc4)cc3n12. The molecular formula is C30H16Cl2N2O. The van der Waals surface area contributed by atoms with E-state index < -0.39 is 0 Å². The molecule has 0 aliphatic heterocycles. The van der Waals surface area contributed by atoms with Crippen molar-refractivity contribution in [2.45, 2.75) is 0 Å². The van der Waals surface area contributed by atoms with Crippen molar-refractivity contribution >= 4 is 61.4 Å². The number of aromatic nitrogens is 2. The predicted molar refractivity (Wildman–Crippen MR) is 146 cm³/mol. The Balaban J connectivity index is 1.68. The average molecular weight is 491 g/mol. The summed E-state index contributed by atoms with van der Waals surface area (Å²) >= 11 is 13.0. The van der Waals surface area contributed by atoms with Gasteiger partial charge in [0.1, 0.15) is 5.65 Å². The fraction of sp³-hybridized carbons (Fsp3) is 0. The van der Waals surface area contributed by atoms with E-state index in [0.29, 0.717) is 26.5 Å². The molecule has 2 heterocycles. The summed E-state index contributed by atoms with van der Waals surface area (Å²) in [4.78, 5) is 18.8. The molecular weight excluding hydrogens is 475 g/mol. The Labute approximate surface area is 210 Å². The number of fused-ring (bicyclic) bond motifs is 4. The number of imidazole rings is 1. The fourth-order valence-corrected chi connectivity index (χ4v) is 5.69. The molecule has 5 aromatic carbocycles. The van der Waals surface area contributed by atoms with Crippen LogP contribution in [0.25, 0.3) is 60.5 Å². The lowest BCUT2D eigenvalue weighted by Crippen LogP contribution is -2.13. The molecule has 0 unspecified atom stereocenters. The number of benzene rings is 5. The van der Waals surface area contributed by atoms with Crippen molar-refractivity contribution < 1.29 is 0 Å². The molecule has 166 valence electrons. The van der Waals surface area contributed by atoms with Crippen molar-refractivity contribution in [1.29, 1.82) is 0 Å². The monoisotopic (exact) mass is 490 g/mol. The molecule has 0 bridgehead atoms. The summed E-state index contributed by atoms with van der Waals surface area (Å²) in [5, 5.41) is 3.90. The Morgan fingerprint density at radius 3 is 1.83 bits per heavy atom. The van der Waals surface area contributed by atoms with Crippen LogP contribution in [0.3, 0.4) is 0 Å². The van der Waals surface area contributed by atoms with Gasteiger partial charge >= 0.3 is 0 Å². The molecule has 2 aromatic heterocycles. The molecule has 0 aliphatic carbocycles. The molecule has 0 aliphatic rings. The maximum Gasteiger partial charge on any atom is 0.264 e. The van der Waals surface area contributed by atoms with Crippen LogP contribution in [0.2, 0.25) is 10.0 Å². The van der Waals surface area contributed by atoms with Crippen LogP contribution in [-0.2, 0) is 0 Å². The Kier molecular flexibility index (Phi) is 4.41. The van der Waals surface area contributed by atoms with Crippen molar-refractivity contribution in [1.82, 2.24) is 9.38 Å². The number of rotatable bonds is 2. The number of pyridine rings is 1. The minimum atomic E-state index is -0.134. The lowest BCUT2D eigenvalue weighted by Gasteiger charge is -2.12. The van der Waals surface area contributed by atoms with Crippen LogP contribution in [0.15, 0.2) is 102 Å². The number of halogens is 2. The minimum absolute atomic E-state index is 0.134. The van der Waals surface area contributed by atoms with Crippen LogP contribution in [0.4, 0.5) is 0 Å². The fourth-order valence-electron chi connectivity index (χ4n) is 5.12. The number of nitrogens with zero attached hydrogens (tertiary/aromatic N) is 2. The molecule has 35 heavy (non-hydrogen) atoms. The summed E-state index contributed by atoms with van der Waals surface area (Å²) in [6.07, 6.45) is 0. The van der Waals surface area contributed by atoms with Crippen molar-refractivity contribution in [3.05, 3.63) is 117 Å². The van der Waals surface area contributed by atoms with Gasteiger partial charge in [-0.05, 0) is 58.7 Å². The summed E-state index contributed by atoms with van der Waals surface area (Å²) in [7, 11) is 0. The number of hydrogen-bond acceptors (Lipinski definition) is 2. The van der Waals surface area contributed by atoms with Crippen LogP contribution in [0.1, 0.15) is 0 Å². The Morgan fingerprint density at radius 2 is 1.20 bits per heavy atom. The molecule has 0 atom stereocenters. The second-order valence-corrected chi connectivity index (χ2v) is 9.45. The van der Waals surface area contributed by atoms with Gasteiger partial charge in [0.05, 0.1) is 11.0 Å². The second-order valence-electron chi connectivity index (χ2n) is 8.63. The van der Waals surface area contributed by atoms with Crippen LogP contribution in [-0.4, -0.2) is 9.38 Å². The van der Waals surface area contributed by atoms with Gasteiger partial charge in [-0.2, -0.15) is 0 Å². The first kappa shape index (κ1) is 20.5. The molecule has 7 rings (SSSR count). The van der Waals surface area contributed by atoms with E-state index in [2.05, 4.69) is 36.4 Å². The minimum Gasteiger partial charge on any atom is -0.268 e. The molecule has 0 radical (unpaired) electrons. The van der Waals surface area contributed by atoms with Crippen molar-refractivity contribution in [2.75, 3.05) is 0 Å². The highest BCUT2D eigenvalue weighted by molar-refractivity contribution is 6.44. The highest BCUT2D eigenvalue weighted by Crippen LogP contribution is 2.40. The van der Waals surface area contributed by atoms with Crippen LogP contribution in [0, 0.1) is 0 Å². The van der Waals surface area contributed by atoms with Crippen molar-refractivity contribution in [3.63, 3.8) is 0 Å². The molecule has 0 fully saturated rings. The average Bonchev–Trinajstić information content (AvgIpc) is 3.27. The summed E-state index contributed by atoms with van der Waals surface area (Å²) in [5.74, 6) is 0. The molecule has 0 spiro atoms. The van der Waals surface area contributed by atoms with E-state index in [1.807, 2.05) is 48.5 Å². The molecule has 7 aromatic rings. The summed E-state index contributed by atoms with van der Waals surface area (Å²) in [6, 6.07) is 31.9. The van der Waals surface area contributed by atoms with Gasteiger partial charge in [-0.3, -0.25) is 9.20 Å². The zero-order valence-electron chi connectivity index (χ0n) is 18.3. The highest BCUT2D eigenvalue weighted by Gasteiger charge is 2.20. The largest absolute Gasteiger partial charge is 0.268 e. The smallest absolute Gasteiger partial charge is 0.264 e. The van der Waals surface area contributed by atoms with Gasteiger partial charge in [0.25, 0.3) is 5.56 Å².